The van der Waals surface area contributed by atoms with Crippen LogP contribution in [0.3, 0.4) is 0 Å². The summed E-state index contributed by atoms with van der Waals surface area (Å²) < 4.78 is 15.6. The molecule has 1 heterocycles. The van der Waals surface area contributed by atoms with Gasteiger partial charge in [-0.25, -0.2) is 0 Å². The molecular weight excluding hydrogens is 258 g/mol. The van der Waals surface area contributed by atoms with Crippen LogP contribution >= 0.6 is 0 Å². The average molecular weight is 283 g/mol. The predicted molar refractivity (Wildman–Crippen MR) is 78.4 cm³/mol. The molecule has 0 aliphatic heterocycles. The summed E-state index contributed by atoms with van der Waals surface area (Å²) >= 11 is 0. The van der Waals surface area contributed by atoms with Crippen LogP contribution < -0.4 is 14.8 Å². The summed E-state index contributed by atoms with van der Waals surface area (Å²) in [6.45, 7) is 4.14. The summed E-state index contributed by atoms with van der Waals surface area (Å²) in [5, 5.41) is 3.31. The molecule has 0 saturated heterocycles. The van der Waals surface area contributed by atoms with Gasteiger partial charge >= 0.3 is 0 Å². The van der Waals surface area contributed by atoms with Crippen molar-refractivity contribution in [3.63, 3.8) is 0 Å². The Kier molecular flexibility index (Phi) is 7.94. The first-order valence-corrected chi connectivity index (χ1v) is 6.67. The molecule has 0 bridgehead atoms. The van der Waals surface area contributed by atoms with Gasteiger partial charge in [0.05, 0.1) is 20.8 Å². The predicted octanol–water partition coefficient (Wildman–Crippen LogP) is 0.767. The minimum Gasteiger partial charge on any atom is -0.493 e. The van der Waals surface area contributed by atoms with Gasteiger partial charge in [-0.3, -0.25) is 9.88 Å². The molecule has 1 aromatic heterocycles. The normalized spacial score (nSPS) is 10.8. The molecule has 1 aromatic rings. The number of likely N-dealkylation sites (N-methyl/N-ethyl adjacent to an activating group) is 1. The lowest BCUT2D eigenvalue weighted by molar-refractivity contribution is 0.197. The molecule has 1 rings (SSSR count). The van der Waals surface area contributed by atoms with Crippen molar-refractivity contribution in [2.24, 2.45) is 0 Å². The highest BCUT2D eigenvalue weighted by Gasteiger charge is 2.12. The second-order valence-electron chi connectivity index (χ2n) is 4.47. The van der Waals surface area contributed by atoms with E-state index >= 15 is 0 Å². The van der Waals surface area contributed by atoms with E-state index in [9.17, 15) is 0 Å². The van der Waals surface area contributed by atoms with E-state index < -0.39 is 0 Å². The second kappa shape index (κ2) is 9.52. The quantitative estimate of drug-likeness (QED) is 0.640. The first kappa shape index (κ1) is 16.7. The largest absolute Gasteiger partial charge is 0.493 e. The van der Waals surface area contributed by atoms with Gasteiger partial charge in [0.15, 0.2) is 11.5 Å². The topological polar surface area (TPSA) is 55.9 Å². The van der Waals surface area contributed by atoms with Crippen molar-refractivity contribution in [3.05, 3.63) is 18.0 Å². The number of hydrogen-bond acceptors (Lipinski definition) is 6. The molecule has 0 unspecified atom stereocenters. The van der Waals surface area contributed by atoms with Crippen LogP contribution in [0, 0.1) is 0 Å². The first-order valence-electron chi connectivity index (χ1n) is 6.67. The fourth-order valence-electron chi connectivity index (χ4n) is 1.87. The summed E-state index contributed by atoms with van der Waals surface area (Å²) in [6.07, 6.45) is 1.74. The Bertz CT molecular complexity index is 388. The van der Waals surface area contributed by atoms with Gasteiger partial charge in [-0.15, -0.1) is 0 Å². The fourth-order valence-corrected chi connectivity index (χ4v) is 1.87. The Labute approximate surface area is 121 Å². The molecule has 114 valence electrons. The molecule has 0 aromatic carbocycles. The Balaban J connectivity index is 2.47. The zero-order valence-electron chi connectivity index (χ0n) is 12.8. The van der Waals surface area contributed by atoms with Crippen molar-refractivity contribution in [2.75, 3.05) is 54.6 Å². The third-order valence-corrected chi connectivity index (χ3v) is 2.94. The van der Waals surface area contributed by atoms with Crippen LogP contribution in [0.25, 0.3) is 0 Å². The summed E-state index contributed by atoms with van der Waals surface area (Å²) in [7, 11) is 7.02. The van der Waals surface area contributed by atoms with Crippen molar-refractivity contribution < 1.29 is 14.2 Å². The van der Waals surface area contributed by atoms with Crippen molar-refractivity contribution >= 4 is 0 Å². The molecule has 0 atom stereocenters. The van der Waals surface area contributed by atoms with Crippen LogP contribution in [0.5, 0.6) is 11.5 Å². The second-order valence-corrected chi connectivity index (χ2v) is 4.47. The van der Waals surface area contributed by atoms with Crippen molar-refractivity contribution in [2.45, 2.75) is 6.54 Å². The van der Waals surface area contributed by atoms with Gasteiger partial charge in [0.2, 0.25) is 0 Å². The molecule has 0 amide bonds. The first-order chi connectivity index (χ1) is 9.72. The van der Waals surface area contributed by atoms with Crippen molar-refractivity contribution in [1.29, 1.82) is 0 Å². The minimum atomic E-state index is 0.703. The van der Waals surface area contributed by atoms with Crippen LogP contribution in [0.15, 0.2) is 12.3 Å². The lowest BCUT2D eigenvalue weighted by Gasteiger charge is -2.18. The van der Waals surface area contributed by atoms with E-state index in [0.29, 0.717) is 18.0 Å². The van der Waals surface area contributed by atoms with Crippen LogP contribution in [0.4, 0.5) is 0 Å². The summed E-state index contributed by atoms with van der Waals surface area (Å²) in [5.74, 6) is 1.42. The number of nitrogens with one attached hydrogen (secondary N) is 1. The molecule has 0 fully saturated rings. The molecule has 0 aliphatic rings. The highest BCUT2D eigenvalue weighted by Crippen LogP contribution is 2.29. The van der Waals surface area contributed by atoms with E-state index in [4.69, 9.17) is 14.2 Å². The van der Waals surface area contributed by atoms with E-state index in [1.54, 1.807) is 33.6 Å². The lowest BCUT2D eigenvalue weighted by Crippen LogP contribution is -2.31. The van der Waals surface area contributed by atoms with E-state index in [0.717, 1.165) is 31.9 Å². The molecule has 0 spiro atoms. The maximum Gasteiger partial charge on any atom is 0.183 e. The molecule has 0 aliphatic carbocycles. The summed E-state index contributed by atoms with van der Waals surface area (Å²) in [5.41, 5.74) is 0.881. The number of nitrogens with zero attached hydrogens (tertiary/aromatic N) is 2. The average Bonchev–Trinajstić information content (AvgIpc) is 2.46. The highest BCUT2D eigenvalue weighted by molar-refractivity contribution is 5.42. The van der Waals surface area contributed by atoms with Gasteiger partial charge in [0.1, 0.15) is 5.69 Å². The molecule has 0 saturated carbocycles. The van der Waals surface area contributed by atoms with Gasteiger partial charge in [0, 0.05) is 45.6 Å². The van der Waals surface area contributed by atoms with E-state index in [2.05, 4.69) is 22.2 Å². The summed E-state index contributed by atoms with van der Waals surface area (Å²) in [4.78, 5) is 6.55. The Morgan fingerprint density at radius 2 is 2.00 bits per heavy atom. The third-order valence-electron chi connectivity index (χ3n) is 2.94. The minimum absolute atomic E-state index is 0.703. The van der Waals surface area contributed by atoms with Gasteiger partial charge < -0.3 is 19.5 Å². The van der Waals surface area contributed by atoms with Gasteiger partial charge in [0.25, 0.3) is 0 Å². The molecule has 6 heteroatoms. The SMILES string of the molecule is COCCNCCN(C)Cc1nccc(OC)c1OC. The Hall–Kier alpha value is -1.37. The summed E-state index contributed by atoms with van der Waals surface area (Å²) in [6, 6.07) is 1.80. The smallest absolute Gasteiger partial charge is 0.183 e. The standard InChI is InChI=1S/C14H25N3O3/c1-17(9-7-15-8-10-18-2)11-12-14(20-4)13(19-3)5-6-16-12/h5-6,15H,7-11H2,1-4H3. The van der Waals surface area contributed by atoms with Crippen LogP contribution in [-0.4, -0.2) is 64.5 Å². The molecule has 1 N–H and O–H groups in total. The number of ether oxygens (including phenoxy) is 3. The van der Waals surface area contributed by atoms with Gasteiger partial charge in [-0.05, 0) is 7.05 Å². The van der Waals surface area contributed by atoms with Crippen molar-refractivity contribution in [1.82, 2.24) is 15.2 Å². The maximum absolute atomic E-state index is 5.38. The zero-order valence-corrected chi connectivity index (χ0v) is 12.8. The van der Waals surface area contributed by atoms with Crippen LogP contribution in [-0.2, 0) is 11.3 Å². The number of hydrogen-bond donors (Lipinski definition) is 1. The van der Waals surface area contributed by atoms with E-state index in [1.807, 2.05) is 0 Å². The van der Waals surface area contributed by atoms with Gasteiger partial charge in [-0.2, -0.15) is 0 Å². The van der Waals surface area contributed by atoms with E-state index in [1.165, 1.54) is 0 Å². The third kappa shape index (κ3) is 5.32. The zero-order chi connectivity index (χ0) is 14.8. The van der Waals surface area contributed by atoms with Crippen LogP contribution in [0.2, 0.25) is 0 Å². The molecule has 6 nitrogen and oxygen atoms in total. The van der Waals surface area contributed by atoms with Gasteiger partial charge in [-0.1, -0.05) is 0 Å². The Morgan fingerprint density at radius 1 is 1.20 bits per heavy atom. The number of aromatic nitrogens is 1. The van der Waals surface area contributed by atoms with Crippen molar-refractivity contribution in [3.8, 4) is 11.5 Å². The van der Waals surface area contributed by atoms with E-state index in [-0.39, 0.29) is 0 Å². The fraction of sp³-hybridized carbons (Fsp3) is 0.643. The Morgan fingerprint density at radius 3 is 2.65 bits per heavy atom. The molecular formula is C14H25N3O3. The maximum atomic E-state index is 5.38. The number of rotatable bonds is 10. The molecule has 20 heavy (non-hydrogen) atoms. The lowest BCUT2D eigenvalue weighted by atomic mass is 10.3. The highest BCUT2D eigenvalue weighted by atomic mass is 16.5. The number of methoxy groups -OCH3 is 3. The van der Waals surface area contributed by atoms with Crippen LogP contribution in [0.1, 0.15) is 5.69 Å². The monoisotopic (exact) mass is 283 g/mol. The number of pyridine rings is 1. The molecule has 0 radical (unpaired) electrons.